The molecule has 4 atom stereocenters. The molecule has 0 amide bonds. The second kappa shape index (κ2) is 29.3. The molecule has 0 spiro atoms. The van der Waals surface area contributed by atoms with Crippen molar-refractivity contribution >= 4 is 93.0 Å². The van der Waals surface area contributed by atoms with Crippen LogP contribution in [-0.4, -0.2) is 166 Å². The fourth-order valence-electron chi connectivity index (χ4n) is 5.68. The molecule has 2 aromatic heterocycles. The first-order valence-electron chi connectivity index (χ1n) is 18.2. The zero-order chi connectivity index (χ0) is 44.3. The van der Waals surface area contributed by atoms with Crippen molar-refractivity contribution in [3.8, 4) is 0 Å². The number of carboxylic acid groups (broad SMARTS) is 4. The number of aliphatic hydroxyl groups excluding tert-OH is 4. The van der Waals surface area contributed by atoms with Crippen molar-refractivity contribution in [2.24, 2.45) is 11.8 Å². The van der Waals surface area contributed by atoms with E-state index in [2.05, 4.69) is 58.1 Å². The molecule has 19 nitrogen and oxygen atoms in total. The van der Waals surface area contributed by atoms with E-state index in [0.29, 0.717) is 43.2 Å². The van der Waals surface area contributed by atoms with Crippen molar-refractivity contribution in [2.75, 3.05) is 39.3 Å². The number of nitrogens with zero attached hydrogens (tertiary/aromatic N) is 4. The number of nitrogens with one attached hydrogen (secondary N) is 2. The lowest BCUT2D eigenvalue weighted by Gasteiger charge is -2.35. The molecule has 0 aliphatic carbocycles. The third-order valence-electron chi connectivity index (χ3n) is 8.40. The molecule has 0 radical (unpaired) electrons. The Kier molecular flexibility index (Phi) is 28.3. The third kappa shape index (κ3) is 22.0. The van der Waals surface area contributed by atoms with Crippen LogP contribution in [0.1, 0.15) is 63.1 Å². The van der Waals surface area contributed by atoms with Gasteiger partial charge < -0.3 is 57.0 Å². The van der Waals surface area contributed by atoms with Crippen molar-refractivity contribution in [3.63, 3.8) is 0 Å². The van der Waals surface area contributed by atoms with Crippen LogP contribution in [0.15, 0.2) is 0 Å². The summed E-state index contributed by atoms with van der Waals surface area (Å²) in [6, 6.07) is 1.28. The molecule has 2 aliphatic rings. The molecule has 0 saturated carbocycles. The maximum Gasteiger partial charge on any atom is 0.335 e. The monoisotopic (exact) mass is 960 g/mol. The van der Waals surface area contributed by atoms with Gasteiger partial charge in [0.25, 0.3) is 0 Å². The molecule has 25 heteroatoms. The Hall–Kier alpha value is -2.06. The lowest BCUT2D eigenvalue weighted by molar-refractivity contribution is -0.165. The van der Waals surface area contributed by atoms with E-state index in [-0.39, 0.29) is 5.48 Å². The zero-order valence-electron chi connectivity index (χ0n) is 32.9. The van der Waals surface area contributed by atoms with Crippen molar-refractivity contribution in [1.29, 1.82) is 0 Å². The minimum atomic E-state index is -2.27. The summed E-state index contributed by atoms with van der Waals surface area (Å²) in [7, 11) is 0. The van der Waals surface area contributed by atoms with E-state index in [0.717, 1.165) is 62.1 Å². The molecule has 59 heavy (non-hydrogen) atoms. The number of carbonyl (C=O) groups is 4. The standard InChI is InChI=1S/2C13H21Cl2N3S.2C4H6O6.H2O/c2*1-9(2)7-18(10-3-5-16-6-4-10)8-11-12(14)17-13(15)19-11;2*5-1(3(7)8)2(6)4(9)10;/h2*9-10,16H,3-8H2,1-2H3;2*1-2,5-6H,(H,7,8)(H,9,10);1H2. The molecule has 2 aromatic rings. The second-order valence-corrected chi connectivity index (χ2v) is 18.2. The molecular formula is C34H56Cl4N6O13S2. The van der Waals surface area contributed by atoms with Crippen molar-refractivity contribution < 1.29 is 65.5 Å². The number of hydrogen-bond acceptors (Lipinski definition) is 16. The van der Waals surface area contributed by atoms with Crippen LogP contribution >= 0.6 is 69.1 Å². The molecule has 0 aromatic carbocycles. The summed E-state index contributed by atoms with van der Waals surface area (Å²) in [6.45, 7) is 17.4. The zero-order valence-corrected chi connectivity index (χ0v) is 37.6. The van der Waals surface area contributed by atoms with Crippen molar-refractivity contribution in [1.82, 2.24) is 30.4 Å². The van der Waals surface area contributed by atoms with Crippen LogP contribution in [0.3, 0.4) is 0 Å². The summed E-state index contributed by atoms with van der Waals surface area (Å²) in [5, 5.41) is 73.0. The minimum Gasteiger partial charge on any atom is -0.479 e. The van der Waals surface area contributed by atoms with Gasteiger partial charge >= 0.3 is 23.9 Å². The van der Waals surface area contributed by atoms with Crippen molar-refractivity contribution in [3.05, 3.63) is 29.0 Å². The van der Waals surface area contributed by atoms with Crippen LogP contribution in [0.4, 0.5) is 0 Å². The molecular weight excluding hydrogens is 906 g/mol. The number of aliphatic hydroxyl groups is 4. The van der Waals surface area contributed by atoms with Crippen LogP contribution < -0.4 is 10.6 Å². The van der Waals surface area contributed by atoms with Gasteiger partial charge in [0.05, 0.1) is 9.75 Å². The number of carboxylic acids is 4. The molecule has 340 valence electrons. The quantitative estimate of drug-likeness (QED) is 0.115. The highest BCUT2D eigenvalue weighted by molar-refractivity contribution is 7.16. The van der Waals surface area contributed by atoms with Crippen LogP contribution in [-0.2, 0) is 32.3 Å². The highest BCUT2D eigenvalue weighted by atomic mass is 35.5. The Morgan fingerprint density at radius 3 is 1.03 bits per heavy atom. The van der Waals surface area contributed by atoms with Crippen LogP contribution in [0.5, 0.6) is 0 Å². The number of hydrogen-bond donors (Lipinski definition) is 10. The average molecular weight is 963 g/mol. The van der Waals surface area contributed by atoms with Crippen LogP contribution in [0.2, 0.25) is 19.2 Å². The van der Waals surface area contributed by atoms with Gasteiger partial charge in [-0.3, -0.25) is 9.80 Å². The lowest BCUT2D eigenvalue weighted by atomic mass is 10.0. The highest BCUT2D eigenvalue weighted by Crippen LogP contribution is 2.31. The van der Waals surface area contributed by atoms with Crippen LogP contribution in [0.25, 0.3) is 0 Å². The number of thiazole rings is 2. The molecule has 2 aliphatic heterocycles. The first-order chi connectivity index (χ1) is 27.0. The molecule has 12 N–H and O–H groups in total. The van der Waals surface area contributed by atoms with E-state index in [1.165, 1.54) is 48.4 Å². The second-order valence-electron chi connectivity index (χ2n) is 14.1. The Bertz CT molecular complexity index is 1420. The number of piperidine rings is 2. The van der Waals surface area contributed by atoms with Gasteiger partial charge in [-0.2, -0.15) is 0 Å². The first kappa shape index (κ1) is 56.9. The van der Waals surface area contributed by atoms with Gasteiger partial charge in [0, 0.05) is 38.3 Å². The minimum absolute atomic E-state index is 0. The van der Waals surface area contributed by atoms with E-state index in [9.17, 15) is 19.2 Å². The van der Waals surface area contributed by atoms with Gasteiger partial charge in [0.1, 0.15) is 10.3 Å². The number of rotatable bonds is 16. The van der Waals surface area contributed by atoms with E-state index in [1.807, 2.05) is 0 Å². The van der Waals surface area contributed by atoms with Crippen LogP contribution in [0, 0.1) is 11.8 Å². The Labute approximate surface area is 370 Å². The fourth-order valence-corrected chi connectivity index (χ4v) is 8.52. The summed E-state index contributed by atoms with van der Waals surface area (Å²) < 4.78 is 1.07. The predicted molar refractivity (Wildman–Crippen MR) is 225 cm³/mol. The summed E-state index contributed by atoms with van der Waals surface area (Å²) in [4.78, 5) is 54.5. The highest BCUT2D eigenvalue weighted by Gasteiger charge is 2.30. The van der Waals surface area contributed by atoms with E-state index in [4.69, 9.17) is 87.3 Å². The van der Waals surface area contributed by atoms with Gasteiger partial charge in [-0.25, -0.2) is 29.1 Å². The Balaban J connectivity index is 0.000000793. The summed E-state index contributed by atoms with van der Waals surface area (Å²) in [5.41, 5.74) is 0. The largest absolute Gasteiger partial charge is 0.479 e. The number of aromatic nitrogens is 2. The molecule has 2 fully saturated rings. The van der Waals surface area contributed by atoms with Gasteiger partial charge in [0.2, 0.25) is 0 Å². The maximum atomic E-state index is 9.77. The fraction of sp³-hybridized carbons (Fsp3) is 0.706. The van der Waals surface area contributed by atoms with E-state index in [1.54, 1.807) is 0 Å². The normalized spacial score (nSPS) is 16.7. The van der Waals surface area contributed by atoms with Gasteiger partial charge in [-0.1, -0.05) is 74.1 Å². The first-order valence-corrected chi connectivity index (χ1v) is 21.3. The number of aliphatic carboxylic acids is 4. The summed E-state index contributed by atoms with van der Waals surface area (Å²) in [6.07, 6.45) is -4.24. The predicted octanol–water partition coefficient (Wildman–Crippen LogP) is 2.25. The topological polar surface area (TPSA) is 318 Å². The smallest absolute Gasteiger partial charge is 0.335 e. The Morgan fingerprint density at radius 2 is 0.847 bits per heavy atom. The third-order valence-corrected chi connectivity index (χ3v) is 11.5. The van der Waals surface area contributed by atoms with E-state index >= 15 is 0 Å². The molecule has 4 rings (SSSR count). The van der Waals surface area contributed by atoms with Gasteiger partial charge in [-0.15, -0.1) is 22.7 Å². The molecule has 2 saturated heterocycles. The molecule has 4 heterocycles. The lowest BCUT2D eigenvalue weighted by Crippen LogP contribution is -2.44. The average Bonchev–Trinajstić information content (AvgIpc) is 3.66. The van der Waals surface area contributed by atoms with Gasteiger partial charge in [0.15, 0.2) is 33.3 Å². The summed E-state index contributed by atoms with van der Waals surface area (Å²) >= 11 is 27.1. The number of halogens is 4. The molecule has 4 unspecified atom stereocenters. The molecule has 0 bridgehead atoms. The maximum absolute atomic E-state index is 9.77. The van der Waals surface area contributed by atoms with E-state index < -0.39 is 48.3 Å². The van der Waals surface area contributed by atoms with Gasteiger partial charge in [-0.05, 0) is 63.7 Å². The van der Waals surface area contributed by atoms with Crippen molar-refractivity contribution in [2.45, 2.75) is 103 Å². The SMILES string of the molecule is CC(C)CN(Cc1sc(Cl)nc1Cl)C1CCNCC1.CC(C)CN(Cc1sc(Cl)nc1Cl)C1CCNCC1.O.O=C(O)C(O)C(O)C(=O)O.O=C(O)C(O)C(O)C(=O)O. The summed E-state index contributed by atoms with van der Waals surface area (Å²) in [5.74, 6) is -5.77. The Morgan fingerprint density at radius 1 is 0.593 bits per heavy atom.